The number of carbonyl (C=O) groups is 1. The van der Waals surface area contributed by atoms with E-state index in [1.807, 2.05) is 13.8 Å². The van der Waals surface area contributed by atoms with Crippen LogP contribution in [0.1, 0.15) is 41.4 Å². The molecule has 27 heavy (non-hydrogen) atoms. The highest BCUT2D eigenvalue weighted by molar-refractivity contribution is 7.92. The molecule has 0 aliphatic rings. The predicted octanol–water partition coefficient (Wildman–Crippen LogP) is 4.45. The molecule has 0 aliphatic heterocycles. The summed E-state index contributed by atoms with van der Waals surface area (Å²) in [6.45, 7) is 5.75. The number of nitrogens with one attached hydrogen (secondary N) is 1. The van der Waals surface area contributed by atoms with Crippen LogP contribution in [-0.2, 0) is 14.8 Å². The van der Waals surface area contributed by atoms with Gasteiger partial charge in [-0.3, -0.25) is 4.72 Å². The van der Waals surface area contributed by atoms with E-state index in [0.717, 1.165) is 5.56 Å². The molecule has 2 aromatic carbocycles. The van der Waals surface area contributed by atoms with Crippen molar-refractivity contribution in [3.63, 3.8) is 0 Å². The summed E-state index contributed by atoms with van der Waals surface area (Å²) in [6.07, 6.45) is 0. The molecule has 0 amide bonds. The van der Waals surface area contributed by atoms with Gasteiger partial charge in [0.1, 0.15) is 16.9 Å². The van der Waals surface area contributed by atoms with Crippen molar-refractivity contribution in [1.29, 1.82) is 0 Å². The molecule has 0 saturated heterocycles. The van der Waals surface area contributed by atoms with Crippen molar-refractivity contribution in [2.75, 3.05) is 11.8 Å². The van der Waals surface area contributed by atoms with Gasteiger partial charge in [-0.15, -0.1) is 0 Å². The molecule has 3 rings (SSSR count). The smallest absolute Gasteiger partial charge is 0.342 e. The van der Waals surface area contributed by atoms with Crippen LogP contribution in [0, 0.1) is 6.92 Å². The molecule has 1 heterocycles. The molecule has 0 atom stereocenters. The summed E-state index contributed by atoms with van der Waals surface area (Å²) >= 11 is 0. The third-order valence-electron chi connectivity index (χ3n) is 4.36. The minimum Gasteiger partial charge on any atom is -0.465 e. The normalized spacial score (nSPS) is 11.7. The molecule has 3 aromatic rings. The van der Waals surface area contributed by atoms with Gasteiger partial charge in [-0.05, 0) is 48.7 Å². The number of aryl methyl sites for hydroxylation is 1. The van der Waals surface area contributed by atoms with Crippen LogP contribution >= 0.6 is 0 Å². The molecule has 0 spiro atoms. The van der Waals surface area contributed by atoms with Crippen LogP contribution in [0.3, 0.4) is 0 Å². The molecule has 6 nitrogen and oxygen atoms in total. The van der Waals surface area contributed by atoms with E-state index in [1.165, 1.54) is 7.11 Å². The van der Waals surface area contributed by atoms with E-state index in [4.69, 9.17) is 9.15 Å². The SMILES string of the molecule is COC(=O)c1c(C)oc2ccc(NS(=O)(=O)c3ccc(C(C)C)cc3)cc12. The number of hydrogen-bond acceptors (Lipinski definition) is 5. The quantitative estimate of drug-likeness (QED) is 0.654. The molecule has 0 radical (unpaired) electrons. The van der Waals surface area contributed by atoms with E-state index >= 15 is 0 Å². The first-order valence-electron chi connectivity index (χ1n) is 8.47. The largest absolute Gasteiger partial charge is 0.465 e. The molecular formula is C20H21NO5S. The number of sulfonamides is 1. The fourth-order valence-corrected chi connectivity index (χ4v) is 3.93. The van der Waals surface area contributed by atoms with Crippen molar-refractivity contribution in [2.24, 2.45) is 0 Å². The molecular weight excluding hydrogens is 366 g/mol. The predicted molar refractivity (Wildman–Crippen MR) is 104 cm³/mol. The maximum absolute atomic E-state index is 12.7. The first-order valence-corrected chi connectivity index (χ1v) is 9.95. The lowest BCUT2D eigenvalue weighted by Gasteiger charge is -2.10. The van der Waals surface area contributed by atoms with Crippen molar-refractivity contribution in [1.82, 2.24) is 0 Å². The van der Waals surface area contributed by atoms with Gasteiger partial charge in [-0.1, -0.05) is 26.0 Å². The molecule has 0 bridgehead atoms. The highest BCUT2D eigenvalue weighted by Gasteiger charge is 2.20. The summed E-state index contributed by atoms with van der Waals surface area (Å²) in [5.74, 6) is 0.204. The molecule has 0 saturated carbocycles. The number of anilines is 1. The van der Waals surface area contributed by atoms with Gasteiger partial charge in [0.15, 0.2) is 0 Å². The molecule has 0 fully saturated rings. The van der Waals surface area contributed by atoms with E-state index < -0.39 is 16.0 Å². The van der Waals surface area contributed by atoms with Crippen LogP contribution < -0.4 is 4.72 Å². The van der Waals surface area contributed by atoms with Gasteiger partial charge in [0.05, 0.1) is 12.0 Å². The maximum Gasteiger partial charge on any atom is 0.342 e. The third kappa shape index (κ3) is 3.68. The van der Waals surface area contributed by atoms with Gasteiger partial charge in [0, 0.05) is 11.1 Å². The second kappa shape index (κ2) is 7.08. The summed E-state index contributed by atoms with van der Waals surface area (Å²) in [4.78, 5) is 12.2. The van der Waals surface area contributed by atoms with Gasteiger partial charge in [-0.25, -0.2) is 13.2 Å². The summed E-state index contributed by atoms with van der Waals surface area (Å²) < 4.78 is 38.2. The summed E-state index contributed by atoms with van der Waals surface area (Å²) in [5.41, 5.74) is 2.17. The summed E-state index contributed by atoms with van der Waals surface area (Å²) in [6, 6.07) is 11.5. The number of furan rings is 1. The summed E-state index contributed by atoms with van der Waals surface area (Å²) in [5, 5.41) is 0.495. The van der Waals surface area contributed by atoms with Gasteiger partial charge in [-0.2, -0.15) is 0 Å². The van der Waals surface area contributed by atoms with E-state index in [9.17, 15) is 13.2 Å². The van der Waals surface area contributed by atoms with Crippen LogP contribution in [0.2, 0.25) is 0 Å². The van der Waals surface area contributed by atoms with Gasteiger partial charge >= 0.3 is 5.97 Å². The fraction of sp³-hybridized carbons (Fsp3) is 0.250. The zero-order valence-corrected chi connectivity index (χ0v) is 16.4. The number of benzene rings is 2. The second-order valence-electron chi connectivity index (χ2n) is 6.57. The topological polar surface area (TPSA) is 85.6 Å². The number of fused-ring (bicyclic) bond motifs is 1. The Kier molecular flexibility index (Phi) is 4.97. The van der Waals surface area contributed by atoms with Crippen LogP contribution in [0.15, 0.2) is 51.8 Å². The Morgan fingerprint density at radius 3 is 2.37 bits per heavy atom. The van der Waals surface area contributed by atoms with Crippen LogP contribution in [0.25, 0.3) is 11.0 Å². The molecule has 1 N–H and O–H groups in total. The van der Waals surface area contributed by atoms with Crippen molar-refractivity contribution >= 4 is 32.6 Å². The molecule has 0 unspecified atom stereocenters. The van der Waals surface area contributed by atoms with Crippen molar-refractivity contribution < 1.29 is 22.4 Å². The van der Waals surface area contributed by atoms with E-state index in [2.05, 4.69) is 4.72 Å². The van der Waals surface area contributed by atoms with E-state index in [1.54, 1.807) is 49.4 Å². The van der Waals surface area contributed by atoms with Gasteiger partial charge in [0.25, 0.3) is 10.0 Å². The summed E-state index contributed by atoms with van der Waals surface area (Å²) in [7, 11) is -2.47. The lowest BCUT2D eigenvalue weighted by molar-refractivity contribution is 0.0600. The highest BCUT2D eigenvalue weighted by Crippen LogP contribution is 2.29. The number of hydrogen-bond donors (Lipinski definition) is 1. The van der Waals surface area contributed by atoms with E-state index in [-0.39, 0.29) is 10.5 Å². The maximum atomic E-state index is 12.7. The monoisotopic (exact) mass is 387 g/mol. The minimum atomic E-state index is -3.75. The zero-order valence-electron chi connectivity index (χ0n) is 15.6. The lowest BCUT2D eigenvalue weighted by Crippen LogP contribution is -2.13. The van der Waals surface area contributed by atoms with Gasteiger partial charge < -0.3 is 9.15 Å². The fourth-order valence-electron chi connectivity index (χ4n) is 2.89. The first-order chi connectivity index (χ1) is 12.7. The van der Waals surface area contributed by atoms with Gasteiger partial charge in [0.2, 0.25) is 0 Å². The molecule has 142 valence electrons. The standard InChI is InChI=1S/C20H21NO5S/c1-12(2)14-5-8-16(9-6-14)27(23,24)21-15-7-10-18-17(11-15)19(13(3)26-18)20(22)25-4/h5-12,21H,1-4H3. The van der Waals surface area contributed by atoms with Crippen molar-refractivity contribution in [3.8, 4) is 0 Å². The Hall–Kier alpha value is -2.80. The second-order valence-corrected chi connectivity index (χ2v) is 8.25. The van der Waals surface area contributed by atoms with Crippen LogP contribution in [-0.4, -0.2) is 21.5 Å². The van der Waals surface area contributed by atoms with Crippen LogP contribution in [0.5, 0.6) is 0 Å². The molecule has 0 aliphatic carbocycles. The van der Waals surface area contributed by atoms with Crippen LogP contribution in [0.4, 0.5) is 5.69 Å². The van der Waals surface area contributed by atoms with E-state index in [0.29, 0.717) is 28.3 Å². The Morgan fingerprint density at radius 2 is 1.78 bits per heavy atom. The number of rotatable bonds is 5. The highest BCUT2D eigenvalue weighted by atomic mass is 32.2. The Balaban J connectivity index is 1.96. The Morgan fingerprint density at radius 1 is 1.11 bits per heavy atom. The molecule has 7 heteroatoms. The lowest BCUT2D eigenvalue weighted by atomic mass is 10.0. The molecule has 1 aromatic heterocycles. The zero-order chi connectivity index (χ0) is 19.8. The average molecular weight is 387 g/mol. The number of ether oxygens (including phenoxy) is 1. The third-order valence-corrected chi connectivity index (χ3v) is 5.76. The Labute approximate surface area is 158 Å². The van der Waals surface area contributed by atoms with Crippen molar-refractivity contribution in [3.05, 3.63) is 59.4 Å². The first kappa shape index (κ1) is 19.0. The minimum absolute atomic E-state index is 0.170. The Bertz CT molecular complexity index is 1100. The number of esters is 1. The average Bonchev–Trinajstić information content (AvgIpc) is 2.96. The number of carbonyl (C=O) groups excluding carboxylic acids is 1. The number of methoxy groups -OCH3 is 1. The van der Waals surface area contributed by atoms with Crippen molar-refractivity contribution in [2.45, 2.75) is 31.6 Å².